The number of hydrogen-bond donors (Lipinski definition) is 0. The summed E-state index contributed by atoms with van der Waals surface area (Å²) in [6.45, 7) is 16.4. The molecule has 0 saturated heterocycles. The number of hydrogen-bond acceptors (Lipinski definition) is 1. The first-order valence-corrected chi connectivity index (χ1v) is 18.6. The van der Waals surface area contributed by atoms with E-state index < -0.39 is 0 Å². The van der Waals surface area contributed by atoms with Crippen LogP contribution in [0.4, 0.5) is 11.4 Å². The molecule has 4 unspecified atom stereocenters. The highest BCUT2D eigenvalue weighted by Gasteiger charge is 2.59. The maximum Gasteiger partial charge on any atom is 0.0506 e. The lowest BCUT2D eigenvalue weighted by molar-refractivity contribution is 0.241. The van der Waals surface area contributed by atoms with Crippen molar-refractivity contribution in [2.45, 2.75) is 102 Å². The molecule has 4 atom stereocenters. The van der Waals surface area contributed by atoms with Crippen LogP contribution in [0.1, 0.15) is 124 Å². The van der Waals surface area contributed by atoms with Crippen LogP contribution in [0.25, 0.3) is 32.7 Å². The molecule has 9 rings (SSSR count). The summed E-state index contributed by atoms with van der Waals surface area (Å²) >= 11 is 0. The van der Waals surface area contributed by atoms with Gasteiger partial charge in [0.2, 0.25) is 0 Å². The van der Waals surface area contributed by atoms with E-state index in [0.717, 1.165) is 6.42 Å². The first-order valence-electron chi connectivity index (χ1n) is 18.6. The molecule has 2 aliphatic heterocycles. The van der Waals surface area contributed by atoms with Crippen LogP contribution in [-0.2, 0) is 5.41 Å². The average Bonchev–Trinajstić information content (AvgIpc) is 3.56. The third-order valence-electron chi connectivity index (χ3n) is 12.5. The Morgan fingerprint density at radius 3 is 2.02 bits per heavy atom. The first-order chi connectivity index (χ1) is 23.6. The van der Waals surface area contributed by atoms with Crippen molar-refractivity contribution in [1.82, 2.24) is 0 Å². The summed E-state index contributed by atoms with van der Waals surface area (Å²) in [4.78, 5) is 2.78. The zero-order valence-corrected chi connectivity index (χ0v) is 30.1. The molecule has 1 fully saturated rings. The van der Waals surface area contributed by atoms with Crippen molar-refractivity contribution in [3.63, 3.8) is 0 Å². The summed E-state index contributed by atoms with van der Waals surface area (Å²) in [6, 6.07) is 44.9. The molecule has 49 heavy (non-hydrogen) atoms. The second-order valence-corrected chi connectivity index (χ2v) is 16.5. The van der Waals surface area contributed by atoms with E-state index in [9.17, 15) is 0 Å². The van der Waals surface area contributed by atoms with Crippen LogP contribution in [0.3, 0.4) is 0 Å². The number of rotatable bonds is 5. The van der Waals surface area contributed by atoms with Crippen LogP contribution < -0.4 is 4.90 Å². The van der Waals surface area contributed by atoms with Gasteiger partial charge in [0.15, 0.2) is 0 Å². The fourth-order valence-corrected chi connectivity index (χ4v) is 9.91. The predicted molar refractivity (Wildman–Crippen MR) is 208 cm³/mol. The highest BCUT2D eigenvalue weighted by molar-refractivity contribution is 5.97. The summed E-state index contributed by atoms with van der Waals surface area (Å²) in [6.07, 6.45) is 2.31. The van der Waals surface area contributed by atoms with Gasteiger partial charge < -0.3 is 4.90 Å². The Bertz CT molecular complexity index is 2260. The molecule has 2 heterocycles. The van der Waals surface area contributed by atoms with Crippen molar-refractivity contribution in [3.05, 3.63) is 143 Å². The average molecular weight is 638 g/mol. The quantitative estimate of drug-likeness (QED) is 0.182. The summed E-state index contributed by atoms with van der Waals surface area (Å²) in [5.74, 6) is 2.40. The molecule has 1 heteroatoms. The zero-order valence-electron chi connectivity index (χ0n) is 30.1. The Labute approximate surface area is 293 Å². The van der Waals surface area contributed by atoms with E-state index in [4.69, 9.17) is 0 Å². The molecule has 1 nitrogen and oxygen atoms in total. The lowest BCUT2D eigenvalue weighted by Gasteiger charge is -2.45. The molecule has 244 valence electrons. The van der Waals surface area contributed by atoms with Crippen LogP contribution in [0.5, 0.6) is 0 Å². The third kappa shape index (κ3) is 4.60. The molecule has 0 aromatic heterocycles. The van der Waals surface area contributed by atoms with Gasteiger partial charge in [-0.2, -0.15) is 0 Å². The maximum atomic E-state index is 3.22. The molecule has 0 amide bonds. The monoisotopic (exact) mass is 637 g/mol. The van der Waals surface area contributed by atoms with Gasteiger partial charge >= 0.3 is 0 Å². The fraction of sp³-hybridized carbons (Fsp3) is 0.333. The van der Waals surface area contributed by atoms with Crippen LogP contribution >= 0.6 is 0 Å². The molecule has 1 aliphatic carbocycles. The molecule has 0 bridgehead atoms. The van der Waals surface area contributed by atoms with Crippen LogP contribution in [0, 0.1) is 12.1 Å². The predicted octanol–water partition coefficient (Wildman–Crippen LogP) is 13.1. The van der Waals surface area contributed by atoms with E-state index in [1.807, 2.05) is 6.07 Å². The Morgan fingerprint density at radius 2 is 1.37 bits per heavy atom. The van der Waals surface area contributed by atoms with Crippen molar-refractivity contribution in [1.29, 1.82) is 0 Å². The molecular weight excluding hydrogens is 591 g/mol. The Hall–Kier alpha value is -4.54. The van der Waals surface area contributed by atoms with Gasteiger partial charge in [-0.15, -0.1) is 0 Å². The normalized spacial score (nSPS) is 22.2. The first kappa shape index (κ1) is 30.5. The molecule has 0 radical (unpaired) electrons. The largest absolute Gasteiger partial charge is 0.336 e. The van der Waals surface area contributed by atoms with Gasteiger partial charge in [0.05, 0.1) is 6.04 Å². The molecule has 3 aliphatic rings. The minimum Gasteiger partial charge on any atom is -0.336 e. The lowest BCUT2D eigenvalue weighted by Crippen LogP contribution is -2.46. The summed E-state index contributed by atoms with van der Waals surface area (Å²) < 4.78 is 0. The summed E-state index contributed by atoms with van der Waals surface area (Å²) in [5, 5.41) is 5.46. The van der Waals surface area contributed by atoms with Gasteiger partial charge in [0.1, 0.15) is 0 Å². The van der Waals surface area contributed by atoms with Gasteiger partial charge in [-0.3, -0.25) is 0 Å². The maximum absolute atomic E-state index is 3.22. The topological polar surface area (TPSA) is 3.24 Å². The van der Waals surface area contributed by atoms with Crippen molar-refractivity contribution in [3.8, 4) is 11.1 Å². The molecule has 1 saturated carbocycles. The van der Waals surface area contributed by atoms with Gasteiger partial charge in [0.25, 0.3) is 0 Å². The van der Waals surface area contributed by atoms with Crippen LogP contribution in [-0.4, -0.2) is 6.04 Å². The summed E-state index contributed by atoms with van der Waals surface area (Å²) in [5.41, 5.74) is 14.3. The van der Waals surface area contributed by atoms with Crippen molar-refractivity contribution >= 4 is 32.9 Å². The van der Waals surface area contributed by atoms with E-state index >= 15 is 0 Å². The van der Waals surface area contributed by atoms with E-state index in [1.54, 1.807) is 5.56 Å². The number of benzene rings is 5. The Kier molecular flexibility index (Phi) is 6.84. The van der Waals surface area contributed by atoms with Crippen LogP contribution in [0.2, 0.25) is 0 Å². The highest BCUT2D eigenvalue weighted by Crippen LogP contribution is 2.66. The summed E-state index contributed by atoms with van der Waals surface area (Å²) in [7, 11) is 0. The number of nitrogens with zero attached hydrogens (tertiary/aromatic N) is 1. The highest BCUT2D eigenvalue weighted by atomic mass is 15.2. The van der Waals surface area contributed by atoms with E-state index in [-0.39, 0.29) is 5.41 Å². The lowest BCUT2D eigenvalue weighted by atomic mass is 9.60. The second-order valence-electron chi connectivity index (χ2n) is 16.5. The van der Waals surface area contributed by atoms with Crippen molar-refractivity contribution in [2.75, 3.05) is 4.90 Å². The fourth-order valence-electron chi connectivity index (χ4n) is 9.91. The molecule has 0 spiro atoms. The van der Waals surface area contributed by atoms with Gasteiger partial charge in [0, 0.05) is 22.7 Å². The third-order valence-corrected chi connectivity index (χ3v) is 12.5. The SMILES string of the molecule is CC(C)c1ccc2cc3c(cc2c1)C1CC(c2ccc(C(C)C)c(-c4cc#ccc4)c2)CC2(C)c4cc5cc(C(C)C)ccc5cc4N3C12. The van der Waals surface area contributed by atoms with Crippen molar-refractivity contribution in [2.24, 2.45) is 0 Å². The van der Waals surface area contributed by atoms with Crippen LogP contribution in [0.15, 0.2) is 97.1 Å². The number of fused-ring (bicyclic) bond motifs is 8. The van der Waals surface area contributed by atoms with Gasteiger partial charge in [-0.05, 0) is 145 Å². The molecule has 0 N–H and O–H groups in total. The van der Waals surface area contributed by atoms with Gasteiger partial charge in [-0.1, -0.05) is 115 Å². The second kappa shape index (κ2) is 11.0. The number of anilines is 2. The van der Waals surface area contributed by atoms with E-state index in [1.165, 1.54) is 78.3 Å². The molecule has 6 aromatic rings. The standard InChI is InChI=1S/C48H47N/c1-28(2)32-13-15-35-25-45-42(22-37(35)19-32)43-23-39(34-17-18-40(30(5)6)41(21-34)31-11-9-8-10-12-31)27-48(7)44-24-38-20-33(29(3)4)14-16-36(38)26-46(44)49(45)47(43)48/h9,11-22,24-26,28-30,39,43,47H,23,27H2,1-7H3. The Morgan fingerprint density at radius 1 is 0.673 bits per heavy atom. The zero-order chi connectivity index (χ0) is 33.8. The van der Waals surface area contributed by atoms with Crippen molar-refractivity contribution < 1.29 is 0 Å². The van der Waals surface area contributed by atoms with E-state index in [2.05, 4.69) is 156 Å². The minimum absolute atomic E-state index is 0.0195. The van der Waals surface area contributed by atoms with Gasteiger partial charge in [-0.25, -0.2) is 0 Å². The Balaban J connectivity index is 1.25. The molecular formula is C48H47N. The van der Waals surface area contributed by atoms with E-state index in [0.29, 0.717) is 35.6 Å². The minimum atomic E-state index is 0.0195. The molecule has 6 aromatic carbocycles. The smallest absolute Gasteiger partial charge is 0.0506 e.